The first-order valence-electron chi connectivity index (χ1n) is 15.8. The first-order valence-corrected chi connectivity index (χ1v) is 17.0. The summed E-state index contributed by atoms with van der Waals surface area (Å²) in [5, 5.41) is 11.6. The smallest absolute Gasteiger partial charge is 0.497 e. The number of ether oxygens (including phenoxy) is 4. The van der Waals surface area contributed by atoms with Crippen LogP contribution in [0.2, 0.25) is 0 Å². The SMILES string of the molecule is COc1ccc(C(OC[C@H]2O[C@@H](n3ccc(=O)n(C(=O)c4ccccc4)c3=O)[C@H](F)[C@@]2(O)O[P+](=O)O)(c2ccccc2)c2ccc(OC)cc2)cc1. The minimum Gasteiger partial charge on any atom is -0.497 e. The van der Waals surface area contributed by atoms with Crippen LogP contribution in [0.1, 0.15) is 33.3 Å². The second-order valence-electron chi connectivity index (χ2n) is 11.7. The van der Waals surface area contributed by atoms with E-state index in [2.05, 4.69) is 0 Å². The van der Waals surface area contributed by atoms with E-state index < -0.39 is 61.9 Å². The molecule has 15 heteroatoms. The highest BCUT2D eigenvalue weighted by atomic mass is 31.1. The highest BCUT2D eigenvalue weighted by molar-refractivity contribution is 7.32. The predicted octanol–water partition coefficient (Wildman–Crippen LogP) is 4.31. The van der Waals surface area contributed by atoms with Crippen molar-refractivity contribution in [1.82, 2.24) is 9.13 Å². The van der Waals surface area contributed by atoms with E-state index in [-0.39, 0.29) is 10.1 Å². The summed E-state index contributed by atoms with van der Waals surface area (Å²) in [6.45, 7) is -0.694. The predicted molar refractivity (Wildman–Crippen MR) is 184 cm³/mol. The first kappa shape index (κ1) is 36.5. The molecular weight excluding hydrogens is 698 g/mol. The summed E-state index contributed by atoms with van der Waals surface area (Å²) in [4.78, 5) is 49.3. The largest absolute Gasteiger partial charge is 0.697 e. The van der Waals surface area contributed by atoms with Crippen LogP contribution in [0.5, 0.6) is 11.5 Å². The van der Waals surface area contributed by atoms with Gasteiger partial charge in [0, 0.05) is 22.4 Å². The molecule has 52 heavy (non-hydrogen) atoms. The van der Waals surface area contributed by atoms with E-state index in [0.717, 1.165) is 12.3 Å². The van der Waals surface area contributed by atoms with E-state index in [1.165, 1.54) is 38.5 Å². The second kappa shape index (κ2) is 15.1. The molecule has 0 saturated carbocycles. The van der Waals surface area contributed by atoms with Crippen LogP contribution in [-0.4, -0.2) is 63.9 Å². The van der Waals surface area contributed by atoms with Gasteiger partial charge >= 0.3 is 13.9 Å². The van der Waals surface area contributed by atoms with Crippen LogP contribution >= 0.6 is 8.25 Å². The van der Waals surface area contributed by atoms with Gasteiger partial charge < -0.3 is 24.1 Å². The summed E-state index contributed by atoms with van der Waals surface area (Å²) < 4.78 is 57.6. The Morgan fingerprint density at radius 1 is 0.846 bits per heavy atom. The summed E-state index contributed by atoms with van der Waals surface area (Å²) in [5.41, 5.74) is -2.06. The minimum absolute atomic E-state index is 0.00120. The van der Waals surface area contributed by atoms with E-state index in [4.69, 9.17) is 23.5 Å². The van der Waals surface area contributed by atoms with Crippen molar-refractivity contribution in [3.8, 4) is 11.5 Å². The highest BCUT2D eigenvalue weighted by Crippen LogP contribution is 2.47. The topological polar surface area (TPSA) is 165 Å². The first-order chi connectivity index (χ1) is 25.0. The summed E-state index contributed by atoms with van der Waals surface area (Å²) in [6, 6.07) is 31.2. The quantitative estimate of drug-likeness (QED) is 0.107. The molecule has 0 bridgehead atoms. The molecule has 0 aliphatic carbocycles. The normalized spacial score (nSPS) is 20.3. The number of hydrogen-bond acceptors (Lipinski definition) is 10. The number of rotatable bonds is 12. The molecule has 2 heterocycles. The zero-order valence-corrected chi connectivity index (χ0v) is 28.7. The van der Waals surface area contributed by atoms with Gasteiger partial charge in [-0.3, -0.25) is 14.2 Å². The lowest BCUT2D eigenvalue weighted by Crippen LogP contribution is -2.50. The molecule has 1 unspecified atom stereocenters. The van der Waals surface area contributed by atoms with E-state index in [1.807, 2.05) is 0 Å². The maximum atomic E-state index is 16.5. The number of benzene rings is 4. The molecule has 13 nitrogen and oxygen atoms in total. The molecule has 5 aromatic rings. The van der Waals surface area contributed by atoms with Crippen LogP contribution in [0.3, 0.4) is 0 Å². The Kier molecular flexibility index (Phi) is 10.6. The van der Waals surface area contributed by atoms with E-state index >= 15 is 4.39 Å². The third-order valence-electron chi connectivity index (χ3n) is 8.77. The van der Waals surface area contributed by atoms with Gasteiger partial charge in [0.2, 0.25) is 6.17 Å². The molecule has 0 amide bonds. The average molecular weight is 732 g/mol. The Morgan fingerprint density at radius 3 is 1.88 bits per heavy atom. The highest BCUT2D eigenvalue weighted by Gasteiger charge is 2.64. The fourth-order valence-corrected chi connectivity index (χ4v) is 6.64. The van der Waals surface area contributed by atoms with Gasteiger partial charge in [0.1, 0.15) is 23.2 Å². The minimum atomic E-state index is -3.64. The lowest BCUT2D eigenvalue weighted by Gasteiger charge is -2.37. The van der Waals surface area contributed by atoms with E-state index in [1.54, 1.807) is 84.9 Å². The summed E-state index contributed by atoms with van der Waals surface area (Å²) in [7, 11) is -0.610. The Bertz CT molecular complexity index is 2120. The number of hydrogen-bond donors (Lipinski definition) is 2. The Labute approximate surface area is 296 Å². The molecule has 268 valence electrons. The van der Waals surface area contributed by atoms with Crippen molar-refractivity contribution in [2.24, 2.45) is 0 Å². The maximum Gasteiger partial charge on any atom is 0.697 e. The van der Waals surface area contributed by atoms with Crippen LogP contribution in [0, 0.1) is 0 Å². The van der Waals surface area contributed by atoms with Crippen LogP contribution in [0.15, 0.2) is 131 Å². The summed E-state index contributed by atoms with van der Waals surface area (Å²) in [6.07, 6.45) is -5.74. The van der Waals surface area contributed by atoms with Crippen molar-refractivity contribution in [3.05, 3.63) is 165 Å². The van der Waals surface area contributed by atoms with Crippen LogP contribution in [0.4, 0.5) is 4.39 Å². The molecule has 1 fully saturated rings. The molecule has 6 rings (SSSR count). The van der Waals surface area contributed by atoms with E-state index in [0.29, 0.717) is 32.8 Å². The van der Waals surface area contributed by atoms with Gasteiger partial charge in [-0.05, 0) is 53.1 Å². The van der Waals surface area contributed by atoms with Gasteiger partial charge in [-0.1, -0.05) is 77.3 Å². The fraction of sp³-hybridized carbons (Fsp3) is 0.216. The maximum absolute atomic E-state index is 16.5. The van der Waals surface area contributed by atoms with Gasteiger partial charge in [-0.2, -0.15) is 4.57 Å². The van der Waals surface area contributed by atoms with Crippen LogP contribution in [-0.2, 0) is 24.2 Å². The van der Waals surface area contributed by atoms with Crippen molar-refractivity contribution < 1.29 is 47.2 Å². The Hall–Kier alpha value is -5.34. The molecule has 0 radical (unpaired) electrons. The van der Waals surface area contributed by atoms with Crippen molar-refractivity contribution in [2.75, 3.05) is 20.8 Å². The van der Waals surface area contributed by atoms with Crippen LogP contribution in [0.25, 0.3) is 0 Å². The number of nitrogens with zero attached hydrogens (tertiary/aromatic N) is 2. The average Bonchev–Trinajstić information content (AvgIpc) is 3.40. The molecule has 5 atom stereocenters. The monoisotopic (exact) mass is 731 g/mol. The number of carbonyl (C=O) groups is 1. The summed E-state index contributed by atoms with van der Waals surface area (Å²) >= 11 is 0. The van der Waals surface area contributed by atoms with E-state index in [9.17, 15) is 28.9 Å². The molecule has 2 N–H and O–H groups in total. The number of halogens is 1. The number of aromatic nitrogens is 2. The number of aliphatic hydroxyl groups is 1. The lowest BCUT2D eigenvalue weighted by atomic mass is 9.80. The van der Waals surface area contributed by atoms with Crippen molar-refractivity contribution in [2.45, 2.75) is 29.9 Å². The van der Waals surface area contributed by atoms with Gasteiger partial charge in [-0.25, -0.2) is 9.18 Å². The molecule has 4 aromatic carbocycles. The Morgan fingerprint density at radius 2 is 1.37 bits per heavy atom. The van der Waals surface area contributed by atoms with Crippen LogP contribution < -0.4 is 20.7 Å². The van der Waals surface area contributed by atoms with Gasteiger partial charge in [0.15, 0.2) is 6.23 Å². The molecule has 1 aliphatic rings. The standard InChI is InChI=1S/C37H32FN2O11P/c1-47-28-17-13-26(14-18-28)36(25-11-7-4-8-12-25,27-15-19-29(48-2)20-16-27)49-23-30-37(44,51-52(45)46)32(38)34(50-30)39-22-21-31(41)40(35(39)43)33(42)24-9-5-3-6-10-24/h3-22,30,32,34,44H,23H2,1-2H3/p+1/t30-,32+,34-,37+/m1/s1. The van der Waals surface area contributed by atoms with Crippen molar-refractivity contribution in [3.63, 3.8) is 0 Å². The molecule has 1 aromatic heterocycles. The molecule has 1 saturated heterocycles. The summed E-state index contributed by atoms with van der Waals surface area (Å²) in [5.74, 6) is -3.06. The third-order valence-corrected chi connectivity index (χ3v) is 9.22. The van der Waals surface area contributed by atoms with Crippen molar-refractivity contribution in [1.29, 1.82) is 0 Å². The number of methoxy groups -OCH3 is 2. The van der Waals surface area contributed by atoms with Gasteiger partial charge in [0.25, 0.3) is 17.3 Å². The van der Waals surface area contributed by atoms with Crippen molar-refractivity contribution >= 4 is 14.2 Å². The lowest BCUT2D eigenvalue weighted by molar-refractivity contribution is -0.214. The molecule has 0 spiro atoms. The molecule has 1 aliphatic heterocycles. The second-order valence-corrected chi connectivity index (χ2v) is 12.3. The zero-order chi connectivity index (χ0) is 37.0. The number of alkyl halides is 1. The van der Waals surface area contributed by atoms with Gasteiger partial charge in [0.05, 0.1) is 20.8 Å². The number of carbonyl (C=O) groups excluding carboxylic acids is 1. The zero-order valence-electron chi connectivity index (χ0n) is 27.8. The van der Waals surface area contributed by atoms with Gasteiger partial charge in [-0.15, -0.1) is 4.89 Å². The molecular formula is C37H33FN2O11P+. The Balaban J connectivity index is 1.45. The third kappa shape index (κ3) is 6.71. The fourth-order valence-electron chi connectivity index (χ4n) is 6.17.